The Bertz CT molecular complexity index is 477. The number of nitrogens with zero attached hydrogens (tertiary/aromatic N) is 5. The van der Waals surface area contributed by atoms with Gasteiger partial charge in [0.05, 0.1) is 18.8 Å². The zero-order valence-electron chi connectivity index (χ0n) is 10.5. The molecule has 0 aliphatic heterocycles. The molecule has 0 saturated heterocycles. The predicted octanol–water partition coefficient (Wildman–Crippen LogP) is -0.664. The third kappa shape index (κ3) is 3.38. The lowest BCUT2D eigenvalue weighted by molar-refractivity contribution is 0.268. The molecule has 0 radical (unpaired) electrons. The molecule has 7 heteroatoms. The highest BCUT2D eigenvalue weighted by Crippen LogP contribution is 1.95. The molecule has 0 aliphatic carbocycles. The van der Waals surface area contributed by atoms with E-state index in [1.165, 1.54) is 0 Å². The molecule has 2 rings (SSSR count). The van der Waals surface area contributed by atoms with Gasteiger partial charge in [-0.05, 0) is 0 Å². The van der Waals surface area contributed by atoms with E-state index in [4.69, 9.17) is 5.11 Å². The number of imidazole rings is 1. The van der Waals surface area contributed by atoms with Crippen LogP contribution in [0.2, 0.25) is 0 Å². The van der Waals surface area contributed by atoms with Crippen molar-refractivity contribution in [2.45, 2.75) is 19.5 Å². The Kier molecular flexibility index (Phi) is 4.43. The summed E-state index contributed by atoms with van der Waals surface area (Å²) in [6.45, 7) is 2.09. The van der Waals surface area contributed by atoms with Crippen LogP contribution in [0.5, 0.6) is 0 Å². The minimum atomic E-state index is 0.0788. The molecule has 0 aromatic carbocycles. The van der Waals surface area contributed by atoms with E-state index in [0.717, 1.165) is 24.5 Å². The van der Waals surface area contributed by atoms with Gasteiger partial charge in [-0.15, -0.1) is 5.10 Å². The Morgan fingerprint density at radius 1 is 1.44 bits per heavy atom. The molecule has 0 unspecified atom stereocenters. The molecular weight excluding hydrogens is 232 g/mol. The zero-order valence-corrected chi connectivity index (χ0v) is 10.5. The topological polar surface area (TPSA) is 80.8 Å². The highest BCUT2D eigenvalue weighted by molar-refractivity contribution is 4.93. The Hall–Kier alpha value is -1.73. The maximum absolute atomic E-state index is 8.76. The largest absolute Gasteiger partial charge is 0.394 e. The van der Waals surface area contributed by atoms with Gasteiger partial charge in [0.25, 0.3) is 0 Å². The van der Waals surface area contributed by atoms with Crippen molar-refractivity contribution in [1.82, 2.24) is 29.9 Å². The second kappa shape index (κ2) is 6.27. The summed E-state index contributed by atoms with van der Waals surface area (Å²) < 4.78 is 3.65. The molecule has 7 nitrogen and oxygen atoms in total. The summed E-state index contributed by atoms with van der Waals surface area (Å²) in [5.74, 6) is 1.06. The van der Waals surface area contributed by atoms with Crippen molar-refractivity contribution in [3.8, 4) is 0 Å². The fraction of sp³-hybridized carbons (Fsp3) is 0.545. The SMILES string of the molecule is Cn1ccnc1CCNCc1cn(CCO)nn1. The van der Waals surface area contributed by atoms with Crippen molar-refractivity contribution >= 4 is 0 Å². The zero-order chi connectivity index (χ0) is 12.8. The quantitative estimate of drug-likeness (QED) is 0.637. The second-order valence-corrected chi connectivity index (χ2v) is 4.08. The summed E-state index contributed by atoms with van der Waals surface area (Å²) in [5, 5.41) is 20.0. The minimum absolute atomic E-state index is 0.0788. The molecule has 2 aromatic heterocycles. The maximum atomic E-state index is 8.76. The van der Waals surface area contributed by atoms with Gasteiger partial charge in [0.1, 0.15) is 5.82 Å². The van der Waals surface area contributed by atoms with Gasteiger partial charge in [0.2, 0.25) is 0 Å². The van der Waals surface area contributed by atoms with Crippen LogP contribution in [0, 0.1) is 0 Å². The van der Waals surface area contributed by atoms with E-state index in [2.05, 4.69) is 20.6 Å². The maximum Gasteiger partial charge on any atom is 0.109 e. The summed E-state index contributed by atoms with van der Waals surface area (Å²) in [6.07, 6.45) is 6.46. The van der Waals surface area contributed by atoms with E-state index >= 15 is 0 Å². The molecule has 0 bridgehead atoms. The summed E-state index contributed by atoms with van der Waals surface area (Å²) in [5.41, 5.74) is 0.878. The van der Waals surface area contributed by atoms with Crippen LogP contribution in [0.1, 0.15) is 11.5 Å². The minimum Gasteiger partial charge on any atom is -0.394 e. The molecule has 0 aliphatic rings. The van der Waals surface area contributed by atoms with Crippen LogP contribution in [-0.4, -0.2) is 42.8 Å². The van der Waals surface area contributed by atoms with Crippen LogP contribution < -0.4 is 5.32 Å². The Balaban J connectivity index is 1.70. The third-order valence-electron chi connectivity index (χ3n) is 2.67. The number of hydrogen-bond donors (Lipinski definition) is 2. The number of aliphatic hydroxyl groups is 1. The molecule has 0 atom stereocenters. The van der Waals surface area contributed by atoms with Crippen LogP contribution in [-0.2, 0) is 26.6 Å². The highest BCUT2D eigenvalue weighted by Gasteiger charge is 2.01. The van der Waals surface area contributed by atoms with Gasteiger partial charge in [-0.1, -0.05) is 5.21 Å². The number of aliphatic hydroxyl groups excluding tert-OH is 1. The normalized spacial score (nSPS) is 11.0. The second-order valence-electron chi connectivity index (χ2n) is 4.08. The van der Waals surface area contributed by atoms with E-state index in [-0.39, 0.29) is 6.61 Å². The Morgan fingerprint density at radius 2 is 2.33 bits per heavy atom. The average Bonchev–Trinajstić information content (AvgIpc) is 2.95. The fourth-order valence-corrected chi connectivity index (χ4v) is 1.69. The molecule has 2 heterocycles. The van der Waals surface area contributed by atoms with Gasteiger partial charge in [-0.3, -0.25) is 0 Å². The van der Waals surface area contributed by atoms with E-state index < -0.39 is 0 Å². The van der Waals surface area contributed by atoms with Crippen molar-refractivity contribution in [2.75, 3.05) is 13.2 Å². The van der Waals surface area contributed by atoms with Gasteiger partial charge >= 0.3 is 0 Å². The van der Waals surface area contributed by atoms with E-state index in [9.17, 15) is 0 Å². The number of rotatable bonds is 7. The van der Waals surface area contributed by atoms with Crippen molar-refractivity contribution in [2.24, 2.45) is 7.05 Å². The molecule has 2 aromatic rings. The Labute approximate surface area is 105 Å². The van der Waals surface area contributed by atoms with Crippen molar-refractivity contribution in [3.63, 3.8) is 0 Å². The lowest BCUT2D eigenvalue weighted by Crippen LogP contribution is -2.18. The van der Waals surface area contributed by atoms with Crippen molar-refractivity contribution in [1.29, 1.82) is 0 Å². The molecule has 0 amide bonds. The molecule has 18 heavy (non-hydrogen) atoms. The first kappa shape index (κ1) is 12.7. The monoisotopic (exact) mass is 250 g/mol. The molecule has 0 spiro atoms. The predicted molar refractivity (Wildman–Crippen MR) is 65.7 cm³/mol. The molecule has 98 valence electrons. The van der Waals surface area contributed by atoms with Crippen molar-refractivity contribution < 1.29 is 5.11 Å². The van der Waals surface area contributed by atoms with Crippen molar-refractivity contribution in [3.05, 3.63) is 30.1 Å². The molecular formula is C11H18N6O. The van der Waals surface area contributed by atoms with Crippen LogP contribution in [0.3, 0.4) is 0 Å². The first-order chi connectivity index (χ1) is 8.79. The smallest absolute Gasteiger partial charge is 0.109 e. The van der Waals surface area contributed by atoms with Crippen LogP contribution in [0.25, 0.3) is 0 Å². The van der Waals surface area contributed by atoms with E-state index in [1.54, 1.807) is 10.9 Å². The number of nitrogens with one attached hydrogen (secondary N) is 1. The summed E-state index contributed by atoms with van der Waals surface area (Å²) in [4.78, 5) is 4.25. The highest BCUT2D eigenvalue weighted by atomic mass is 16.3. The number of hydrogen-bond acceptors (Lipinski definition) is 5. The molecule has 2 N–H and O–H groups in total. The Morgan fingerprint density at radius 3 is 3.06 bits per heavy atom. The summed E-state index contributed by atoms with van der Waals surface area (Å²) in [7, 11) is 1.99. The number of aromatic nitrogens is 5. The average molecular weight is 250 g/mol. The van der Waals surface area contributed by atoms with Gasteiger partial charge in [0, 0.05) is 45.1 Å². The summed E-state index contributed by atoms with van der Waals surface area (Å²) in [6, 6.07) is 0. The van der Waals surface area contributed by atoms with Crippen LogP contribution in [0.4, 0.5) is 0 Å². The van der Waals surface area contributed by atoms with Crippen LogP contribution in [0.15, 0.2) is 18.6 Å². The standard InChI is InChI=1S/C11H18N6O/c1-16-5-4-13-11(16)2-3-12-8-10-9-17(6-7-18)15-14-10/h4-5,9,12,18H,2-3,6-8H2,1H3. The van der Waals surface area contributed by atoms with E-state index in [1.807, 2.05) is 24.0 Å². The van der Waals surface area contributed by atoms with Gasteiger partial charge in [-0.25, -0.2) is 9.67 Å². The fourth-order valence-electron chi connectivity index (χ4n) is 1.69. The van der Waals surface area contributed by atoms with E-state index in [0.29, 0.717) is 13.1 Å². The first-order valence-corrected chi connectivity index (χ1v) is 5.96. The molecule has 0 fully saturated rings. The first-order valence-electron chi connectivity index (χ1n) is 5.96. The lowest BCUT2D eigenvalue weighted by atomic mass is 10.4. The van der Waals surface area contributed by atoms with Crippen LogP contribution >= 0.6 is 0 Å². The third-order valence-corrected chi connectivity index (χ3v) is 2.67. The lowest BCUT2D eigenvalue weighted by Gasteiger charge is -2.02. The van der Waals surface area contributed by atoms with Gasteiger partial charge < -0.3 is 15.0 Å². The number of aryl methyl sites for hydroxylation is 1. The van der Waals surface area contributed by atoms with Gasteiger partial charge in [0.15, 0.2) is 0 Å². The molecule has 0 saturated carbocycles. The van der Waals surface area contributed by atoms with Gasteiger partial charge in [-0.2, -0.15) is 0 Å². The summed E-state index contributed by atoms with van der Waals surface area (Å²) >= 11 is 0.